The van der Waals surface area contributed by atoms with Gasteiger partial charge in [0.05, 0.1) is 6.61 Å². The van der Waals surface area contributed by atoms with Gasteiger partial charge in [0.1, 0.15) is 23.8 Å². The van der Waals surface area contributed by atoms with Crippen molar-refractivity contribution in [3.05, 3.63) is 29.6 Å². The molecule has 6 heteroatoms. The maximum Gasteiger partial charge on any atom is 0.407 e. The average Bonchev–Trinajstić information content (AvgIpc) is 2.48. The zero-order valence-electron chi connectivity index (χ0n) is 14.9. The van der Waals surface area contributed by atoms with E-state index in [-0.39, 0.29) is 25.1 Å². The molecular formula is C18H28FNO4. The van der Waals surface area contributed by atoms with E-state index in [0.29, 0.717) is 24.2 Å². The summed E-state index contributed by atoms with van der Waals surface area (Å²) in [5, 5.41) is 11.7. The summed E-state index contributed by atoms with van der Waals surface area (Å²) in [5.41, 5.74) is 0.170. The summed E-state index contributed by atoms with van der Waals surface area (Å²) >= 11 is 0. The topological polar surface area (TPSA) is 67.8 Å². The van der Waals surface area contributed by atoms with Gasteiger partial charge in [-0.25, -0.2) is 9.18 Å². The minimum Gasteiger partial charge on any atom is -0.491 e. The van der Waals surface area contributed by atoms with E-state index >= 15 is 0 Å². The summed E-state index contributed by atoms with van der Waals surface area (Å²) in [6.45, 7) is 7.46. The molecule has 0 aliphatic heterocycles. The number of hydrogen-bond acceptors (Lipinski definition) is 4. The van der Waals surface area contributed by atoms with Gasteiger partial charge in [-0.2, -0.15) is 0 Å². The van der Waals surface area contributed by atoms with E-state index in [0.717, 1.165) is 6.42 Å². The van der Waals surface area contributed by atoms with Crippen molar-refractivity contribution in [2.45, 2.75) is 58.6 Å². The fourth-order valence-electron chi connectivity index (χ4n) is 2.22. The van der Waals surface area contributed by atoms with E-state index in [1.54, 1.807) is 6.07 Å². The Morgan fingerprint density at radius 3 is 2.67 bits per heavy atom. The third-order valence-corrected chi connectivity index (χ3v) is 3.35. The quantitative estimate of drug-likeness (QED) is 0.760. The fourth-order valence-corrected chi connectivity index (χ4v) is 2.22. The van der Waals surface area contributed by atoms with Crippen LogP contribution in [0.15, 0.2) is 18.2 Å². The van der Waals surface area contributed by atoms with Crippen LogP contribution in [0.3, 0.4) is 0 Å². The lowest BCUT2D eigenvalue weighted by Crippen LogP contribution is -2.39. The number of aliphatic hydroxyl groups excluding tert-OH is 1. The number of halogens is 1. The molecule has 0 fully saturated rings. The normalized spacial score (nSPS) is 12.6. The van der Waals surface area contributed by atoms with Crippen LogP contribution in [-0.4, -0.2) is 36.1 Å². The van der Waals surface area contributed by atoms with E-state index in [9.17, 15) is 9.18 Å². The molecule has 0 bridgehead atoms. The molecule has 1 aromatic carbocycles. The average molecular weight is 341 g/mol. The zero-order valence-corrected chi connectivity index (χ0v) is 14.9. The second-order valence-electron chi connectivity index (χ2n) is 6.61. The van der Waals surface area contributed by atoms with Crippen molar-refractivity contribution >= 4 is 6.09 Å². The summed E-state index contributed by atoms with van der Waals surface area (Å²) < 4.78 is 24.2. The van der Waals surface area contributed by atoms with Crippen LogP contribution in [0.4, 0.5) is 9.18 Å². The Morgan fingerprint density at radius 2 is 2.08 bits per heavy atom. The SMILES string of the molecule is CC[C@H](CCc1cc(F)ccc1OCCO)NC(=O)OC(C)(C)C. The first-order valence-corrected chi connectivity index (χ1v) is 8.26. The molecule has 136 valence electrons. The number of carbonyl (C=O) groups is 1. The smallest absolute Gasteiger partial charge is 0.407 e. The molecule has 5 nitrogen and oxygen atoms in total. The van der Waals surface area contributed by atoms with E-state index in [4.69, 9.17) is 14.6 Å². The Hall–Kier alpha value is -1.82. The van der Waals surface area contributed by atoms with Gasteiger partial charge in [-0.1, -0.05) is 6.92 Å². The van der Waals surface area contributed by atoms with E-state index in [2.05, 4.69) is 5.32 Å². The number of ether oxygens (including phenoxy) is 2. The third kappa shape index (κ3) is 7.64. The molecule has 0 radical (unpaired) electrons. The number of benzene rings is 1. The van der Waals surface area contributed by atoms with Gasteiger partial charge in [0.15, 0.2) is 0 Å². The number of alkyl carbamates (subject to hydrolysis) is 1. The number of rotatable bonds is 8. The Bertz CT molecular complexity index is 528. The van der Waals surface area contributed by atoms with Crippen LogP contribution in [0.25, 0.3) is 0 Å². The Balaban J connectivity index is 2.65. The minimum absolute atomic E-state index is 0.0752. The van der Waals surface area contributed by atoms with E-state index < -0.39 is 11.7 Å². The van der Waals surface area contributed by atoms with Gasteiger partial charge in [0.25, 0.3) is 0 Å². The standard InChI is InChI=1S/C18H28FNO4/c1-5-15(20-17(22)24-18(2,3)4)8-6-13-12-14(19)7-9-16(13)23-11-10-21/h7,9,12,15,21H,5-6,8,10-11H2,1-4H3,(H,20,22)/t15-/m1/s1. The second-order valence-corrected chi connectivity index (χ2v) is 6.61. The largest absolute Gasteiger partial charge is 0.491 e. The van der Waals surface area contributed by atoms with Crippen molar-refractivity contribution in [2.24, 2.45) is 0 Å². The first kappa shape index (κ1) is 20.2. The van der Waals surface area contributed by atoms with Gasteiger partial charge < -0.3 is 19.9 Å². The van der Waals surface area contributed by atoms with Gasteiger partial charge in [-0.3, -0.25) is 0 Å². The number of amides is 1. The third-order valence-electron chi connectivity index (χ3n) is 3.35. The lowest BCUT2D eigenvalue weighted by Gasteiger charge is -2.23. The Kier molecular flexibility index (Phi) is 7.98. The monoisotopic (exact) mass is 341 g/mol. The summed E-state index contributed by atoms with van der Waals surface area (Å²) in [7, 11) is 0. The van der Waals surface area contributed by atoms with E-state index in [1.165, 1.54) is 12.1 Å². The molecule has 1 aromatic rings. The highest BCUT2D eigenvalue weighted by Crippen LogP contribution is 2.22. The molecule has 0 saturated heterocycles. The molecule has 0 spiro atoms. The van der Waals surface area contributed by atoms with Gasteiger partial charge in [0, 0.05) is 6.04 Å². The van der Waals surface area contributed by atoms with Crippen molar-refractivity contribution in [1.29, 1.82) is 0 Å². The molecule has 0 unspecified atom stereocenters. The van der Waals surface area contributed by atoms with Gasteiger partial charge in [-0.05, 0) is 63.8 Å². The minimum atomic E-state index is -0.545. The fraction of sp³-hybridized carbons (Fsp3) is 0.611. The highest BCUT2D eigenvalue weighted by atomic mass is 19.1. The van der Waals surface area contributed by atoms with Crippen molar-refractivity contribution in [3.63, 3.8) is 0 Å². The lowest BCUT2D eigenvalue weighted by atomic mass is 10.0. The summed E-state index contributed by atoms with van der Waals surface area (Å²) in [6, 6.07) is 4.23. The summed E-state index contributed by atoms with van der Waals surface area (Å²) in [5.74, 6) is 0.215. The summed E-state index contributed by atoms with van der Waals surface area (Å²) in [6.07, 6.45) is 1.47. The first-order chi connectivity index (χ1) is 11.2. The number of carbonyl (C=O) groups excluding carboxylic acids is 1. The Labute approximate surface area is 143 Å². The lowest BCUT2D eigenvalue weighted by molar-refractivity contribution is 0.0500. The van der Waals surface area contributed by atoms with Crippen LogP contribution in [0.2, 0.25) is 0 Å². The molecule has 0 aliphatic rings. The number of hydrogen-bond donors (Lipinski definition) is 2. The van der Waals surface area contributed by atoms with Crippen LogP contribution >= 0.6 is 0 Å². The Morgan fingerprint density at radius 1 is 1.38 bits per heavy atom. The van der Waals surface area contributed by atoms with Crippen LogP contribution in [0.5, 0.6) is 5.75 Å². The maximum atomic E-state index is 13.5. The molecule has 1 amide bonds. The molecular weight excluding hydrogens is 313 g/mol. The van der Waals surface area contributed by atoms with Crippen molar-refractivity contribution in [3.8, 4) is 5.75 Å². The maximum absolute atomic E-state index is 13.5. The predicted octanol–water partition coefficient (Wildman–Crippen LogP) is 3.43. The van der Waals surface area contributed by atoms with Gasteiger partial charge >= 0.3 is 6.09 Å². The van der Waals surface area contributed by atoms with Crippen LogP contribution in [-0.2, 0) is 11.2 Å². The second kappa shape index (κ2) is 9.47. The number of aliphatic hydroxyl groups is 1. The van der Waals surface area contributed by atoms with Crippen LogP contribution in [0.1, 0.15) is 46.1 Å². The molecule has 0 aromatic heterocycles. The van der Waals surface area contributed by atoms with Crippen LogP contribution < -0.4 is 10.1 Å². The van der Waals surface area contributed by atoms with Crippen molar-refractivity contribution in [2.75, 3.05) is 13.2 Å². The van der Waals surface area contributed by atoms with E-state index in [1.807, 2.05) is 27.7 Å². The molecule has 24 heavy (non-hydrogen) atoms. The van der Waals surface area contributed by atoms with Crippen molar-refractivity contribution < 1.29 is 23.8 Å². The van der Waals surface area contributed by atoms with Gasteiger partial charge in [0.2, 0.25) is 0 Å². The predicted molar refractivity (Wildman–Crippen MR) is 90.8 cm³/mol. The highest BCUT2D eigenvalue weighted by Gasteiger charge is 2.19. The first-order valence-electron chi connectivity index (χ1n) is 8.26. The highest BCUT2D eigenvalue weighted by molar-refractivity contribution is 5.68. The summed E-state index contributed by atoms with van der Waals surface area (Å²) in [4.78, 5) is 11.9. The van der Waals surface area contributed by atoms with Crippen molar-refractivity contribution in [1.82, 2.24) is 5.32 Å². The molecule has 1 rings (SSSR count). The molecule has 0 aliphatic carbocycles. The molecule has 1 atom stereocenters. The number of nitrogens with one attached hydrogen (secondary N) is 1. The zero-order chi connectivity index (χ0) is 18.2. The van der Waals surface area contributed by atoms with Gasteiger partial charge in [-0.15, -0.1) is 0 Å². The molecule has 0 saturated carbocycles. The van der Waals surface area contributed by atoms with Crippen LogP contribution in [0, 0.1) is 5.82 Å². The number of aryl methyl sites for hydroxylation is 1. The molecule has 2 N–H and O–H groups in total. The molecule has 0 heterocycles.